The Morgan fingerprint density at radius 1 is 1.32 bits per heavy atom. The van der Waals surface area contributed by atoms with Crippen LogP contribution in [0.2, 0.25) is 0 Å². The first-order chi connectivity index (χ1) is 8.48. The second-order valence-corrected chi connectivity index (χ2v) is 5.98. The minimum atomic E-state index is -4.83. The molecule has 0 unspecified atom stereocenters. The third-order valence-corrected chi connectivity index (χ3v) is 2.86. The van der Waals surface area contributed by atoms with Crippen LogP contribution in [0.1, 0.15) is 27.7 Å². The maximum Gasteiger partial charge on any atom is 0.492 e. The van der Waals surface area contributed by atoms with Gasteiger partial charge in [0, 0.05) is 25.7 Å². The van der Waals surface area contributed by atoms with Gasteiger partial charge in [-0.15, -0.1) is 0 Å². The molecule has 0 aromatic heterocycles. The highest BCUT2D eigenvalue weighted by Gasteiger charge is 2.34. The molecule has 1 aliphatic rings. The number of nitrogens with zero attached hydrogens (tertiary/aromatic N) is 2. The molecule has 1 aliphatic heterocycles. The monoisotopic (exact) mass is 281 g/mol. The molecule has 1 rings (SSSR count). The molecule has 1 saturated heterocycles. The number of halogens is 3. The number of amides is 1. The third-order valence-electron chi connectivity index (χ3n) is 2.86. The summed E-state index contributed by atoms with van der Waals surface area (Å²) in [6, 6.07) is -0.315. The van der Waals surface area contributed by atoms with Crippen molar-refractivity contribution in [3.63, 3.8) is 0 Å². The molecule has 0 radical (unpaired) electrons. The summed E-state index contributed by atoms with van der Waals surface area (Å²) in [7, 11) is 0. The maximum atomic E-state index is 12.4. The molecule has 0 spiro atoms. The van der Waals surface area contributed by atoms with Crippen molar-refractivity contribution in [1.82, 2.24) is 9.80 Å². The molecule has 1 heterocycles. The van der Waals surface area contributed by atoms with Gasteiger partial charge < -0.3 is 27.5 Å². The van der Waals surface area contributed by atoms with Crippen LogP contribution < -0.4 is 0 Å². The lowest BCUT2D eigenvalue weighted by Gasteiger charge is -2.42. The van der Waals surface area contributed by atoms with Crippen LogP contribution in [0.4, 0.5) is 17.7 Å². The predicted molar refractivity (Wildman–Crippen MR) is 67.9 cm³/mol. The Balaban J connectivity index is 2.52. The number of rotatable bonds is 2. The Kier molecular flexibility index (Phi) is 4.76. The van der Waals surface area contributed by atoms with E-state index in [2.05, 4.69) is 0 Å². The normalized spacial score (nSPS) is 22.5. The molecule has 1 atom stereocenters. The van der Waals surface area contributed by atoms with Gasteiger partial charge in [0.25, 0.3) is 0 Å². The number of hydrogen-bond acceptors (Lipinski definition) is 3. The van der Waals surface area contributed by atoms with Crippen LogP contribution in [-0.2, 0) is 4.74 Å². The van der Waals surface area contributed by atoms with Crippen molar-refractivity contribution in [2.75, 3.05) is 26.1 Å². The quantitative estimate of drug-likeness (QED) is 0.728. The molecule has 0 aromatic carbocycles. The Morgan fingerprint density at radius 2 is 1.89 bits per heavy atom. The molecule has 0 N–H and O–H groups in total. The van der Waals surface area contributed by atoms with E-state index in [1.165, 1.54) is 9.80 Å². The topological polar surface area (TPSA) is 32.8 Å². The average molecular weight is 281 g/mol. The van der Waals surface area contributed by atoms with Crippen LogP contribution in [-0.4, -0.2) is 60.6 Å². The van der Waals surface area contributed by atoms with Crippen LogP contribution in [0.3, 0.4) is 0 Å². The average Bonchev–Trinajstić information content (AvgIpc) is 2.16. The molecular weight excluding hydrogens is 260 g/mol. The van der Waals surface area contributed by atoms with E-state index >= 15 is 0 Å². The second kappa shape index (κ2) is 5.60. The van der Waals surface area contributed by atoms with E-state index in [1.807, 2.05) is 0 Å². The van der Waals surface area contributed by atoms with Gasteiger partial charge in [0.15, 0.2) is 0 Å². The minimum Gasteiger partial charge on any atom is -0.448 e. The Labute approximate surface area is 111 Å². The van der Waals surface area contributed by atoms with Gasteiger partial charge in [-0.25, -0.2) is 4.79 Å². The predicted octanol–water partition coefficient (Wildman–Crippen LogP) is 2.31. The molecule has 112 valence electrons. The van der Waals surface area contributed by atoms with Gasteiger partial charge in [-0.1, -0.05) is 0 Å². The van der Waals surface area contributed by atoms with Crippen molar-refractivity contribution in [2.45, 2.75) is 39.3 Å². The molecule has 1 amide bonds. The number of carbonyl (C=O) groups excluding carboxylic acids is 1. The van der Waals surface area contributed by atoms with E-state index in [9.17, 15) is 17.7 Å². The second-order valence-electron chi connectivity index (χ2n) is 5.98. The Morgan fingerprint density at radius 3 is 2.32 bits per heavy atom. The molecule has 19 heavy (non-hydrogen) atoms. The first-order valence-corrected chi connectivity index (χ1v) is 6.41. The van der Waals surface area contributed by atoms with Gasteiger partial charge in [0.05, 0.1) is 0 Å². The fourth-order valence-electron chi connectivity index (χ4n) is 2.02. The van der Waals surface area contributed by atoms with Crippen molar-refractivity contribution >= 4 is 13.1 Å². The zero-order chi connectivity index (χ0) is 14.8. The zero-order valence-electron chi connectivity index (χ0n) is 11.8. The summed E-state index contributed by atoms with van der Waals surface area (Å²) in [6.07, 6.45) is -1.33. The molecule has 0 aromatic rings. The number of piperazine rings is 1. The van der Waals surface area contributed by atoms with E-state index in [4.69, 9.17) is 4.74 Å². The van der Waals surface area contributed by atoms with Crippen molar-refractivity contribution in [3.8, 4) is 0 Å². The number of carbonyl (C=O) groups is 1. The van der Waals surface area contributed by atoms with E-state index in [1.54, 1.807) is 27.7 Å². The maximum absolute atomic E-state index is 12.4. The summed E-state index contributed by atoms with van der Waals surface area (Å²) in [4.78, 5) is 14.6. The first-order valence-electron chi connectivity index (χ1n) is 6.41. The molecule has 8 heteroatoms. The number of ether oxygens (including phenoxy) is 1. The van der Waals surface area contributed by atoms with Crippen LogP contribution in [0.25, 0.3) is 0 Å². The Hall–Kier alpha value is -0.915. The summed E-state index contributed by atoms with van der Waals surface area (Å²) >= 11 is 0. The lowest BCUT2D eigenvalue weighted by atomic mass is 9.90. The Bertz CT molecular complexity index is 331. The van der Waals surface area contributed by atoms with Gasteiger partial charge in [0.1, 0.15) is 5.60 Å². The SMILES string of the molecule is C[C@H]1CN(C(=O)OC(C)(C)C)CCN1C[B-](F)(F)F. The third kappa shape index (κ3) is 5.71. The van der Waals surface area contributed by atoms with Crippen molar-refractivity contribution in [2.24, 2.45) is 0 Å². The van der Waals surface area contributed by atoms with E-state index in [-0.39, 0.29) is 25.7 Å². The lowest BCUT2D eigenvalue weighted by Crippen LogP contribution is -2.57. The zero-order valence-corrected chi connectivity index (χ0v) is 11.8. The van der Waals surface area contributed by atoms with Gasteiger partial charge in [0.2, 0.25) is 0 Å². The highest BCUT2D eigenvalue weighted by atomic mass is 19.4. The summed E-state index contributed by atoms with van der Waals surface area (Å²) < 4.78 is 42.4. The van der Waals surface area contributed by atoms with Crippen molar-refractivity contribution in [3.05, 3.63) is 0 Å². The van der Waals surface area contributed by atoms with Crippen LogP contribution in [0.15, 0.2) is 0 Å². The van der Waals surface area contributed by atoms with E-state index in [0.29, 0.717) is 0 Å². The fraction of sp³-hybridized carbons (Fsp3) is 0.909. The molecule has 0 aliphatic carbocycles. The first kappa shape index (κ1) is 16.1. The van der Waals surface area contributed by atoms with Crippen LogP contribution in [0, 0.1) is 0 Å². The van der Waals surface area contributed by atoms with Gasteiger partial charge in [-0.3, -0.25) is 0 Å². The largest absolute Gasteiger partial charge is 0.492 e. The summed E-state index contributed by atoms with van der Waals surface area (Å²) in [5, 5.41) is 0. The molecule has 4 nitrogen and oxygen atoms in total. The van der Waals surface area contributed by atoms with E-state index < -0.39 is 25.1 Å². The van der Waals surface area contributed by atoms with Crippen molar-refractivity contribution in [1.29, 1.82) is 0 Å². The lowest BCUT2D eigenvalue weighted by molar-refractivity contribution is 0.00731. The number of hydrogen-bond donors (Lipinski definition) is 0. The molecular formula is C11H21BF3N2O2-. The molecule has 0 saturated carbocycles. The van der Waals surface area contributed by atoms with Crippen molar-refractivity contribution < 1.29 is 22.5 Å². The summed E-state index contributed by atoms with van der Waals surface area (Å²) in [5.41, 5.74) is -0.591. The van der Waals surface area contributed by atoms with Crippen LogP contribution in [0.5, 0.6) is 0 Å². The van der Waals surface area contributed by atoms with Gasteiger partial charge in [-0.2, -0.15) is 0 Å². The molecule has 1 fully saturated rings. The van der Waals surface area contributed by atoms with Crippen LogP contribution >= 0.6 is 0 Å². The standard InChI is InChI=1S/C11H21BF3N2O2/c1-9-7-16(10(18)19-11(2,3)4)5-6-17(9)8-12(13,14)15/h9H,5-8H2,1-4H3/q-1/t9-/m0/s1. The highest BCUT2D eigenvalue weighted by molar-refractivity contribution is 6.58. The van der Waals surface area contributed by atoms with Gasteiger partial charge >= 0.3 is 13.1 Å². The minimum absolute atomic E-state index is 0.224. The van der Waals surface area contributed by atoms with E-state index in [0.717, 1.165) is 0 Å². The van der Waals surface area contributed by atoms with Gasteiger partial charge in [-0.05, 0) is 34.1 Å². The molecule has 0 bridgehead atoms. The fourth-order valence-corrected chi connectivity index (χ4v) is 2.02. The summed E-state index contributed by atoms with van der Waals surface area (Å²) in [5.74, 6) is 0. The smallest absolute Gasteiger partial charge is 0.448 e. The highest BCUT2D eigenvalue weighted by Crippen LogP contribution is 2.18. The summed E-state index contributed by atoms with van der Waals surface area (Å²) in [6.45, 7) is 2.91.